The van der Waals surface area contributed by atoms with Gasteiger partial charge in [0.25, 0.3) is 0 Å². The quantitative estimate of drug-likeness (QED) is 0.811. The second-order valence-electron chi connectivity index (χ2n) is 5.04. The van der Waals surface area contributed by atoms with Crippen LogP contribution in [0.4, 0.5) is 5.69 Å². The second kappa shape index (κ2) is 5.00. The first kappa shape index (κ1) is 12.2. The molecule has 2 nitrogen and oxygen atoms in total. The molecule has 0 spiro atoms. The van der Waals surface area contributed by atoms with Crippen molar-refractivity contribution in [2.45, 2.75) is 18.8 Å². The summed E-state index contributed by atoms with van der Waals surface area (Å²) >= 11 is 0. The molecule has 2 aromatic carbocycles. The summed E-state index contributed by atoms with van der Waals surface area (Å²) in [4.78, 5) is 0. The highest BCUT2D eigenvalue weighted by Crippen LogP contribution is 2.44. The van der Waals surface area contributed by atoms with E-state index in [1.165, 1.54) is 29.2 Å². The summed E-state index contributed by atoms with van der Waals surface area (Å²) in [7, 11) is 7.74. The maximum Gasteiger partial charge on any atom is 0.140 e. The molecule has 2 radical (unpaired) electrons. The van der Waals surface area contributed by atoms with Crippen molar-refractivity contribution in [2.75, 3.05) is 12.4 Å². The fraction of sp³-hybridized carbons (Fsp3) is 0.250. The number of hydrogen-bond donors (Lipinski definition) is 2. The molecule has 2 N–H and O–H groups in total. The van der Waals surface area contributed by atoms with Gasteiger partial charge in [0.1, 0.15) is 7.85 Å². The first-order valence-electron chi connectivity index (χ1n) is 6.71. The van der Waals surface area contributed by atoms with E-state index in [-0.39, 0.29) is 0 Å². The van der Waals surface area contributed by atoms with E-state index in [2.05, 4.69) is 47.0 Å². The van der Waals surface area contributed by atoms with Crippen LogP contribution >= 0.6 is 0 Å². The van der Waals surface area contributed by atoms with Crippen molar-refractivity contribution in [2.24, 2.45) is 0 Å². The average molecular weight is 248 g/mol. The van der Waals surface area contributed by atoms with Gasteiger partial charge in [0.2, 0.25) is 0 Å². The fourth-order valence-electron chi connectivity index (χ4n) is 2.53. The molecule has 0 bridgehead atoms. The minimum Gasteiger partial charge on any atom is -0.393 e. The normalized spacial score (nSPS) is 15.5. The highest BCUT2D eigenvalue weighted by molar-refractivity contribution is 6.23. The third-order valence-electron chi connectivity index (χ3n) is 3.55. The van der Waals surface area contributed by atoms with Gasteiger partial charge in [-0.1, -0.05) is 30.3 Å². The van der Waals surface area contributed by atoms with E-state index in [4.69, 9.17) is 7.85 Å². The Labute approximate surface area is 115 Å². The van der Waals surface area contributed by atoms with Gasteiger partial charge in [-0.05, 0) is 41.4 Å². The second-order valence-corrected chi connectivity index (χ2v) is 5.04. The van der Waals surface area contributed by atoms with Crippen LogP contribution in [-0.2, 0) is 0 Å². The largest absolute Gasteiger partial charge is 0.393 e. The van der Waals surface area contributed by atoms with Crippen molar-refractivity contribution in [3.8, 4) is 0 Å². The molecule has 3 rings (SSSR count). The van der Waals surface area contributed by atoms with Crippen LogP contribution in [0.2, 0.25) is 0 Å². The maximum atomic E-state index is 5.90. The predicted molar refractivity (Wildman–Crippen MR) is 82.4 cm³/mol. The van der Waals surface area contributed by atoms with Crippen LogP contribution < -0.4 is 10.6 Å². The van der Waals surface area contributed by atoms with Gasteiger partial charge in [-0.25, -0.2) is 0 Å². The van der Waals surface area contributed by atoms with Gasteiger partial charge in [0.05, 0.1) is 0 Å². The van der Waals surface area contributed by atoms with Crippen LogP contribution in [-0.4, -0.2) is 14.9 Å². The first-order valence-corrected chi connectivity index (χ1v) is 6.71. The molecular formula is C16H17BN2. The average Bonchev–Trinajstić information content (AvgIpc) is 3.24. The third-order valence-corrected chi connectivity index (χ3v) is 3.55. The van der Waals surface area contributed by atoms with E-state index in [1.807, 2.05) is 7.05 Å². The van der Waals surface area contributed by atoms with Crippen molar-refractivity contribution in [3.63, 3.8) is 0 Å². The molecule has 0 amide bonds. The van der Waals surface area contributed by atoms with Crippen LogP contribution in [0, 0.1) is 0 Å². The zero-order valence-corrected chi connectivity index (χ0v) is 11.1. The summed E-state index contributed by atoms with van der Waals surface area (Å²) in [6, 6.07) is 12.9. The van der Waals surface area contributed by atoms with E-state index < -0.39 is 0 Å². The molecule has 0 heterocycles. The molecule has 0 saturated heterocycles. The molecule has 3 heteroatoms. The lowest BCUT2D eigenvalue weighted by Gasteiger charge is -2.13. The number of rotatable bonds is 4. The van der Waals surface area contributed by atoms with E-state index >= 15 is 0 Å². The summed E-state index contributed by atoms with van der Waals surface area (Å²) in [5.74, 6) is 0.754. The van der Waals surface area contributed by atoms with Crippen LogP contribution in [0.1, 0.15) is 24.3 Å². The van der Waals surface area contributed by atoms with Crippen molar-refractivity contribution in [3.05, 3.63) is 53.8 Å². The highest BCUT2D eigenvalue weighted by Gasteiger charge is 2.25. The van der Waals surface area contributed by atoms with Crippen LogP contribution in [0.15, 0.2) is 48.2 Å². The summed E-state index contributed by atoms with van der Waals surface area (Å²) in [5, 5.41) is 8.75. The van der Waals surface area contributed by atoms with Gasteiger partial charge in [0, 0.05) is 24.3 Å². The SMILES string of the molecule is [B]/C(=C/NC)Nc1ccc(C2CC2)c2ccccc12. The number of hydrogen-bond acceptors (Lipinski definition) is 2. The monoisotopic (exact) mass is 248 g/mol. The maximum absolute atomic E-state index is 5.90. The molecule has 1 aliphatic carbocycles. The summed E-state index contributed by atoms with van der Waals surface area (Å²) in [6.45, 7) is 0. The molecule has 1 saturated carbocycles. The van der Waals surface area contributed by atoms with Gasteiger partial charge < -0.3 is 10.6 Å². The van der Waals surface area contributed by atoms with E-state index in [1.54, 1.807) is 6.20 Å². The molecule has 1 aliphatic rings. The minimum absolute atomic E-state index is 0.617. The fourth-order valence-corrected chi connectivity index (χ4v) is 2.53. The zero-order valence-electron chi connectivity index (χ0n) is 11.1. The molecule has 1 fully saturated rings. The third kappa shape index (κ3) is 2.46. The predicted octanol–water partition coefficient (Wildman–Crippen LogP) is 3.32. The Balaban J connectivity index is 2.06. The molecule has 0 aromatic heterocycles. The highest BCUT2D eigenvalue weighted by atomic mass is 14.9. The molecule has 0 unspecified atom stereocenters. The lowest BCUT2D eigenvalue weighted by atomic mass is 9.98. The Bertz CT molecular complexity index is 630. The van der Waals surface area contributed by atoms with Crippen molar-refractivity contribution in [1.29, 1.82) is 0 Å². The molecule has 94 valence electrons. The summed E-state index contributed by atoms with van der Waals surface area (Å²) in [6.07, 6.45) is 4.39. The van der Waals surface area contributed by atoms with E-state index in [0.29, 0.717) is 5.60 Å². The molecular weight excluding hydrogens is 231 g/mol. The number of nitrogens with one attached hydrogen (secondary N) is 2. The van der Waals surface area contributed by atoms with Gasteiger partial charge in [0.15, 0.2) is 0 Å². The topological polar surface area (TPSA) is 24.1 Å². The van der Waals surface area contributed by atoms with Gasteiger partial charge in [-0.15, -0.1) is 0 Å². The smallest absolute Gasteiger partial charge is 0.140 e. The van der Waals surface area contributed by atoms with Gasteiger partial charge in [-0.3, -0.25) is 0 Å². The number of fused-ring (bicyclic) bond motifs is 1. The zero-order chi connectivity index (χ0) is 13.2. The van der Waals surface area contributed by atoms with Crippen LogP contribution in [0.3, 0.4) is 0 Å². The summed E-state index contributed by atoms with van der Waals surface area (Å²) < 4.78 is 0. The summed E-state index contributed by atoms with van der Waals surface area (Å²) in [5.41, 5.74) is 3.15. The molecule has 2 aromatic rings. The Hall–Kier alpha value is -1.90. The molecule has 0 aliphatic heterocycles. The Morgan fingerprint density at radius 2 is 1.89 bits per heavy atom. The molecule has 19 heavy (non-hydrogen) atoms. The lowest BCUT2D eigenvalue weighted by molar-refractivity contribution is 1.09. The Morgan fingerprint density at radius 3 is 2.58 bits per heavy atom. The number of anilines is 1. The minimum atomic E-state index is 0.617. The van der Waals surface area contributed by atoms with E-state index in [9.17, 15) is 0 Å². The van der Waals surface area contributed by atoms with Gasteiger partial charge in [-0.2, -0.15) is 0 Å². The Kier molecular flexibility index (Phi) is 3.20. The standard InChI is InChI=1S/C16H17BN2/c1-18-10-16(17)19-15-9-8-12(11-6-7-11)13-4-2-3-5-14(13)15/h2-5,8-11,18-19H,6-7H2,1H3/b16-10-. The van der Waals surface area contributed by atoms with Crippen molar-refractivity contribution >= 4 is 24.3 Å². The first-order chi connectivity index (χ1) is 9.29. The molecule has 0 atom stereocenters. The van der Waals surface area contributed by atoms with Crippen LogP contribution in [0.25, 0.3) is 10.8 Å². The Morgan fingerprint density at radius 1 is 1.16 bits per heavy atom. The van der Waals surface area contributed by atoms with Crippen molar-refractivity contribution in [1.82, 2.24) is 5.32 Å². The van der Waals surface area contributed by atoms with Crippen molar-refractivity contribution < 1.29 is 0 Å². The van der Waals surface area contributed by atoms with Crippen LogP contribution in [0.5, 0.6) is 0 Å². The lowest BCUT2D eigenvalue weighted by Crippen LogP contribution is -2.05. The van der Waals surface area contributed by atoms with E-state index in [0.717, 1.165) is 11.6 Å². The van der Waals surface area contributed by atoms with Gasteiger partial charge >= 0.3 is 0 Å². The number of benzene rings is 2.